The van der Waals surface area contributed by atoms with Gasteiger partial charge in [-0.05, 0) is 23.8 Å². The van der Waals surface area contributed by atoms with Crippen molar-refractivity contribution in [1.29, 1.82) is 0 Å². The number of hydrogen-bond acceptors (Lipinski definition) is 0. The molecule has 0 spiro atoms. The lowest BCUT2D eigenvalue weighted by Gasteiger charge is -2.14. The molecule has 0 bridgehead atoms. The first-order valence-corrected chi connectivity index (χ1v) is 8.09. The Bertz CT molecular complexity index is 366. The van der Waals surface area contributed by atoms with Crippen LogP contribution < -0.4 is 4.57 Å². The summed E-state index contributed by atoms with van der Waals surface area (Å²) >= 11 is 0. The molecule has 108 valence electrons. The fourth-order valence-electron chi connectivity index (χ4n) is 2.61. The highest BCUT2D eigenvalue weighted by atomic mass is 14.9. The van der Waals surface area contributed by atoms with Gasteiger partial charge in [0.15, 0.2) is 12.4 Å². The number of pyridine rings is 1. The van der Waals surface area contributed by atoms with E-state index in [0.717, 1.165) is 0 Å². The summed E-state index contributed by atoms with van der Waals surface area (Å²) < 4.78 is 2.38. The van der Waals surface area contributed by atoms with Crippen molar-refractivity contribution in [1.82, 2.24) is 0 Å². The number of nitrogens with zero attached hydrogens (tertiary/aromatic N) is 1. The normalized spacial score (nSPS) is 11.5. The van der Waals surface area contributed by atoms with Gasteiger partial charge >= 0.3 is 0 Å². The van der Waals surface area contributed by atoms with Crippen molar-refractivity contribution in [3.63, 3.8) is 0 Å². The highest BCUT2D eigenvalue weighted by molar-refractivity contribution is 5.27. The second kappa shape index (κ2) is 8.35. The first-order chi connectivity index (χ1) is 9.06. The molecule has 19 heavy (non-hydrogen) atoms. The van der Waals surface area contributed by atoms with Gasteiger partial charge in [0, 0.05) is 18.1 Å². The monoisotopic (exact) mass is 262 g/mol. The fraction of sp³-hybridized carbons (Fsp3) is 0.722. The van der Waals surface area contributed by atoms with E-state index >= 15 is 0 Å². The van der Waals surface area contributed by atoms with Gasteiger partial charge in [0.25, 0.3) is 0 Å². The molecule has 0 fully saturated rings. The van der Waals surface area contributed by atoms with Crippen molar-refractivity contribution in [3.8, 4) is 0 Å². The van der Waals surface area contributed by atoms with Crippen LogP contribution in [-0.4, -0.2) is 0 Å². The Hall–Kier alpha value is -0.850. The van der Waals surface area contributed by atoms with Gasteiger partial charge in [-0.1, -0.05) is 53.9 Å². The van der Waals surface area contributed by atoms with Crippen LogP contribution in [0.1, 0.15) is 89.7 Å². The maximum absolute atomic E-state index is 2.38. The fourth-order valence-corrected chi connectivity index (χ4v) is 2.61. The molecule has 1 heteroatoms. The molecule has 0 aromatic carbocycles. The standard InChI is InChI=1S/C18H32N/c1-6-7-8-9-10-12-19-13-11-17(15(2)3)18(14-19)16(4)5/h11,13-16H,6-10,12H2,1-5H3/q+1. The molecule has 1 aromatic heterocycles. The van der Waals surface area contributed by atoms with E-state index in [0.29, 0.717) is 11.8 Å². The zero-order valence-corrected chi connectivity index (χ0v) is 13.6. The van der Waals surface area contributed by atoms with Crippen molar-refractivity contribution < 1.29 is 4.57 Å². The van der Waals surface area contributed by atoms with Crippen molar-refractivity contribution in [3.05, 3.63) is 29.6 Å². The molecule has 0 saturated carbocycles. The van der Waals surface area contributed by atoms with Crippen LogP contribution in [-0.2, 0) is 6.54 Å². The van der Waals surface area contributed by atoms with Crippen LogP contribution in [0, 0.1) is 0 Å². The quantitative estimate of drug-likeness (QED) is 0.448. The molecule has 1 aromatic rings. The maximum atomic E-state index is 2.38. The molecule has 1 nitrogen and oxygen atoms in total. The Balaban J connectivity index is 2.63. The summed E-state index contributed by atoms with van der Waals surface area (Å²) in [7, 11) is 0. The molecular formula is C18H32N+. The smallest absolute Gasteiger partial charge is 0.172 e. The summed E-state index contributed by atoms with van der Waals surface area (Å²) in [4.78, 5) is 0. The zero-order chi connectivity index (χ0) is 14.3. The van der Waals surface area contributed by atoms with Crippen LogP contribution in [0.2, 0.25) is 0 Å². The average molecular weight is 262 g/mol. The van der Waals surface area contributed by atoms with Crippen LogP contribution in [0.15, 0.2) is 18.5 Å². The zero-order valence-electron chi connectivity index (χ0n) is 13.6. The van der Waals surface area contributed by atoms with Gasteiger partial charge in [-0.25, -0.2) is 4.57 Å². The van der Waals surface area contributed by atoms with E-state index in [-0.39, 0.29) is 0 Å². The van der Waals surface area contributed by atoms with Crippen LogP contribution >= 0.6 is 0 Å². The van der Waals surface area contributed by atoms with E-state index in [1.54, 1.807) is 0 Å². The van der Waals surface area contributed by atoms with Crippen molar-refractivity contribution in [2.75, 3.05) is 0 Å². The average Bonchev–Trinajstić information content (AvgIpc) is 2.38. The highest BCUT2D eigenvalue weighted by Gasteiger charge is 2.14. The Morgan fingerprint density at radius 1 is 0.895 bits per heavy atom. The van der Waals surface area contributed by atoms with Gasteiger partial charge in [-0.15, -0.1) is 0 Å². The summed E-state index contributed by atoms with van der Waals surface area (Å²) in [5, 5.41) is 0. The first kappa shape index (κ1) is 16.2. The van der Waals surface area contributed by atoms with Gasteiger partial charge in [0.2, 0.25) is 0 Å². The molecule has 0 aliphatic rings. The van der Waals surface area contributed by atoms with Crippen LogP contribution in [0.5, 0.6) is 0 Å². The maximum Gasteiger partial charge on any atom is 0.172 e. The molecule has 1 rings (SSSR count). The van der Waals surface area contributed by atoms with Crippen molar-refractivity contribution >= 4 is 0 Å². The van der Waals surface area contributed by atoms with Gasteiger partial charge in [0.1, 0.15) is 6.54 Å². The second-order valence-electron chi connectivity index (χ2n) is 6.32. The minimum atomic E-state index is 0.616. The van der Waals surface area contributed by atoms with Crippen molar-refractivity contribution in [2.24, 2.45) is 0 Å². The Labute approximate surface area is 120 Å². The largest absolute Gasteiger partial charge is 0.205 e. The van der Waals surface area contributed by atoms with E-state index in [1.807, 2.05) is 0 Å². The number of rotatable bonds is 8. The van der Waals surface area contributed by atoms with Gasteiger partial charge < -0.3 is 0 Å². The van der Waals surface area contributed by atoms with E-state index in [2.05, 4.69) is 57.6 Å². The molecule has 0 radical (unpaired) electrons. The number of aromatic nitrogens is 1. The molecular weight excluding hydrogens is 230 g/mol. The molecule has 0 aliphatic carbocycles. The van der Waals surface area contributed by atoms with E-state index in [9.17, 15) is 0 Å². The predicted octanol–water partition coefficient (Wildman–Crippen LogP) is 5.19. The SMILES string of the molecule is CCCCCCC[n+]1ccc(C(C)C)c(C(C)C)c1. The molecule has 0 amide bonds. The second-order valence-corrected chi connectivity index (χ2v) is 6.32. The van der Waals surface area contributed by atoms with E-state index < -0.39 is 0 Å². The summed E-state index contributed by atoms with van der Waals surface area (Å²) in [6, 6.07) is 2.33. The third-order valence-electron chi connectivity index (χ3n) is 3.85. The minimum absolute atomic E-state index is 0.616. The minimum Gasteiger partial charge on any atom is -0.205 e. The van der Waals surface area contributed by atoms with Gasteiger partial charge in [-0.2, -0.15) is 0 Å². The lowest BCUT2D eigenvalue weighted by Crippen LogP contribution is -2.34. The molecule has 1 heterocycles. The predicted molar refractivity (Wildman–Crippen MR) is 83.6 cm³/mol. The molecule has 0 N–H and O–H groups in total. The molecule has 0 saturated heterocycles. The third-order valence-corrected chi connectivity index (χ3v) is 3.85. The molecule has 0 aliphatic heterocycles. The first-order valence-electron chi connectivity index (χ1n) is 8.09. The summed E-state index contributed by atoms with van der Waals surface area (Å²) in [5.41, 5.74) is 3.03. The van der Waals surface area contributed by atoms with Crippen molar-refractivity contribution in [2.45, 2.75) is 85.1 Å². The Kier molecular flexibility index (Phi) is 7.12. The van der Waals surface area contributed by atoms with Crippen LogP contribution in [0.3, 0.4) is 0 Å². The summed E-state index contributed by atoms with van der Waals surface area (Å²) in [6.45, 7) is 12.6. The topological polar surface area (TPSA) is 3.88 Å². The Morgan fingerprint density at radius 3 is 2.11 bits per heavy atom. The van der Waals surface area contributed by atoms with E-state index in [1.165, 1.54) is 49.8 Å². The van der Waals surface area contributed by atoms with Gasteiger partial charge in [0.05, 0.1) is 0 Å². The highest BCUT2D eigenvalue weighted by Crippen LogP contribution is 2.24. The van der Waals surface area contributed by atoms with Crippen LogP contribution in [0.25, 0.3) is 0 Å². The summed E-state index contributed by atoms with van der Waals surface area (Å²) in [6.07, 6.45) is 11.4. The molecule has 0 unspecified atom stereocenters. The molecule has 0 atom stereocenters. The third kappa shape index (κ3) is 5.34. The summed E-state index contributed by atoms with van der Waals surface area (Å²) in [5.74, 6) is 1.24. The lowest BCUT2D eigenvalue weighted by atomic mass is 9.92. The number of hydrogen-bond donors (Lipinski definition) is 0. The Morgan fingerprint density at radius 2 is 1.53 bits per heavy atom. The van der Waals surface area contributed by atoms with Gasteiger partial charge in [-0.3, -0.25) is 0 Å². The van der Waals surface area contributed by atoms with Crippen LogP contribution in [0.4, 0.5) is 0 Å². The lowest BCUT2D eigenvalue weighted by molar-refractivity contribution is -0.697. The number of aryl methyl sites for hydroxylation is 1. The number of unbranched alkanes of at least 4 members (excludes halogenated alkanes) is 4. The van der Waals surface area contributed by atoms with E-state index in [4.69, 9.17) is 0 Å².